The van der Waals surface area contributed by atoms with E-state index in [2.05, 4.69) is 15.0 Å². The summed E-state index contributed by atoms with van der Waals surface area (Å²) >= 11 is 20.3. The van der Waals surface area contributed by atoms with E-state index in [0.717, 1.165) is 0 Å². The van der Waals surface area contributed by atoms with Crippen molar-refractivity contribution in [2.24, 2.45) is 0 Å². The second-order valence-electron chi connectivity index (χ2n) is 14.8. The largest absolute Gasteiger partial charge is 0.424 e. The predicted octanol–water partition coefficient (Wildman–Crippen LogP) is 12.5. The molecule has 1 aromatic heterocycles. The van der Waals surface area contributed by atoms with Crippen LogP contribution in [0.2, 0.25) is 0 Å². The third-order valence-corrected chi connectivity index (χ3v) is 14.0. The van der Waals surface area contributed by atoms with Gasteiger partial charge in [-0.1, -0.05) is 163 Å². The van der Waals surface area contributed by atoms with Gasteiger partial charge in [0.05, 0.1) is 31.8 Å². The number of amides is 3. The highest BCUT2D eigenvalue weighted by atomic mass is 32.2. The quantitative estimate of drug-likeness (QED) is 0.0850. The molecule has 3 aliphatic rings. The zero-order chi connectivity index (χ0) is 47.4. The number of thiocarbonyl (C=S) groups is 3. The molecular formula is C51H30N6O6S6. The highest BCUT2D eigenvalue weighted by Crippen LogP contribution is 2.39. The topological polar surface area (TPSA) is 127 Å². The van der Waals surface area contributed by atoms with Crippen molar-refractivity contribution < 1.29 is 28.6 Å². The SMILES string of the molecule is O=C1/C(=C\c2cccc(Oc3nc(Oc4cccc(/C=C5/SC(=S)N(c6ccccc6)C5=O)c4)nc(Oc4cccc(/C=C5/SC(=S)N(c6ccccc6)C5=O)c4)n3)c2)SC(=S)N1c1ccccc1. The van der Waals surface area contributed by atoms with Crippen LogP contribution in [0, 0.1) is 0 Å². The van der Waals surface area contributed by atoms with Gasteiger partial charge in [-0.15, -0.1) is 15.0 Å². The van der Waals surface area contributed by atoms with Crippen molar-refractivity contribution in [3.63, 3.8) is 0 Å². The number of carbonyl (C=O) groups is 3. The Kier molecular flexibility index (Phi) is 13.2. The first-order valence-electron chi connectivity index (χ1n) is 20.7. The number of hydrogen-bond donors (Lipinski definition) is 0. The van der Waals surface area contributed by atoms with E-state index in [-0.39, 0.29) is 35.8 Å². The van der Waals surface area contributed by atoms with E-state index in [1.54, 1.807) is 72.8 Å². The number of hydrogen-bond acceptors (Lipinski definition) is 15. The Labute approximate surface area is 423 Å². The highest BCUT2D eigenvalue weighted by Gasteiger charge is 2.35. The number of anilines is 3. The molecule has 3 fully saturated rings. The van der Waals surface area contributed by atoms with Crippen LogP contribution in [0.4, 0.5) is 17.1 Å². The molecule has 3 amide bonds. The summed E-state index contributed by atoms with van der Waals surface area (Å²) in [6.45, 7) is 0. The Balaban J connectivity index is 0.930. The van der Waals surface area contributed by atoms with Gasteiger partial charge in [0.15, 0.2) is 13.0 Å². The van der Waals surface area contributed by atoms with Crippen molar-refractivity contribution in [2.45, 2.75) is 0 Å². The number of thioether (sulfide) groups is 3. The molecule has 0 atom stereocenters. The number of benzene rings is 6. The zero-order valence-electron chi connectivity index (χ0n) is 35.4. The van der Waals surface area contributed by atoms with Crippen LogP contribution in [-0.4, -0.2) is 45.6 Å². The summed E-state index contributed by atoms with van der Waals surface area (Å²) in [6, 6.07) is 48.3. The summed E-state index contributed by atoms with van der Waals surface area (Å²) in [5, 5.41) is 0. The maximum atomic E-state index is 13.5. The Morgan fingerprint density at radius 3 is 0.928 bits per heavy atom. The summed E-state index contributed by atoms with van der Waals surface area (Å²) in [7, 11) is 0. The van der Waals surface area contributed by atoms with E-state index < -0.39 is 0 Å². The fraction of sp³-hybridized carbons (Fsp3) is 0. The molecule has 7 aromatic rings. The molecule has 0 spiro atoms. The molecule has 0 aliphatic carbocycles. The Morgan fingerprint density at radius 1 is 0.377 bits per heavy atom. The summed E-state index contributed by atoms with van der Waals surface area (Å²) in [5.74, 6) is 0.324. The third-order valence-electron chi connectivity index (χ3n) is 10.1. The average Bonchev–Trinajstić information content (AvgIpc) is 3.91. The van der Waals surface area contributed by atoms with Crippen LogP contribution in [0.3, 0.4) is 0 Å². The number of nitrogens with zero attached hydrogens (tertiary/aromatic N) is 6. The number of ether oxygens (including phenoxy) is 3. The van der Waals surface area contributed by atoms with Gasteiger partial charge in [0.1, 0.15) is 17.2 Å². The van der Waals surface area contributed by atoms with Crippen molar-refractivity contribution in [2.75, 3.05) is 14.7 Å². The Bertz CT molecular complexity index is 2980. The lowest BCUT2D eigenvalue weighted by molar-refractivity contribution is -0.114. The Hall–Kier alpha value is -7.32. The molecular weight excluding hydrogens is 985 g/mol. The van der Waals surface area contributed by atoms with Crippen molar-refractivity contribution in [3.05, 3.63) is 195 Å². The number of carbonyl (C=O) groups excluding carboxylic acids is 3. The fourth-order valence-corrected chi connectivity index (χ4v) is 10.9. The van der Waals surface area contributed by atoms with E-state index in [0.29, 0.717) is 78.7 Å². The molecule has 0 unspecified atom stereocenters. The molecule has 10 rings (SSSR count). The van der Waals surface area contributed by atoms with Crippen LogP contribution >= 0.6 is 71.9 Å². The minimum atomic E-state index is -0.235. The first-order chi connectivity index (χ1) is 33.6. The van der Waals surface area contributed by atoms with Gasteiger partial charge in [0, 0.05) is 0 Å². The number of aromatic nitrogens is 3. The zero-order valence-corrected chi connectivity index (χ0v) is 40.3. The molecule has 3 saturated heterocycles. The lowest BCUT2D eigenvalue weighted by Gasteiger charge is -2.13. The standard InChI is InChI=1S/C51H30N6O6S6/c58-43-40(67-49(64)55(43)34-16-4-1-5-17-34)28-31-13-10-22-37(25-31)61-46-52-47(62-38-23-11-14-32(26-38)29-41-44(59)56(50(65)68-41)35-18-6-2-7-19-35)54-48(53-46)63-39-24-12-15-33(27-39)30-42-45(60)57(51(66)69-42)36-20-8-3-9-21-36/h1-30H/b40-28+,41-29+,42-30+. The molecule has 69 heavy (non-hydrogen) atoms. The maximum absolute atomic E-state index is 13.5. The van der Waals surface area contributed by atoms with E-state index >= 15 is 0 Å². The van der Waals surface area contributed by atoms with Gasteiger partial charge in [-0.05, 0) is 108 Å². The highest BCUT2D eigenvalue weighted by molar-refractivity contribution is 8.28. The minimum absolute atomic E-state index is 0.163. The second-order valence-corrected chi connectivity index (χ2v) is 19.8. The maximum Gasteiger partial charge on any atom is 0.331 e. The summed E-state index contributed by atoms with van der Waals surface area (Å²) in [4.78, 5) is 59.8. The summed E-state index contributed by atoms with van der Waals surface area (Å²) in [6.07, 6.45) is 5.22. The lowest BCUT2D eigenvalue weighted by Crippen LogP contribution is -2.27. The van der Waals surface area contributed by atoms with E-state index in [9.17, 15) is 14.4 Å². The monoisotopic (exact) mass is 1010 g/mol. The normalized spacial score (nSPS) is 16.7. The van der Waals surface area contributed by atoms with Crippen LogP contribution in [0.15, 0.2) is 179 Å². The smallest absolute Gasteiger partial charge is 0.331 e. The lowest BCUT2D eigenvalue weighted by atomic mass is 10.2. The van der Waals surface area contributed by atoms with Crippen LogP contribution in [0.5, 0.6) is 35.3 Å². The first kappa shape index (κ1) is 45.5. The van der Waals surface area contributed by atoms with Gasteiger partial charge in [-0.25, -0.2) is 0 Å². The van der Waals surface area contributed by atoms with Crippen LogP contribution in [0.25, 0.3) is 18.2 Å². The van der Waals surface area contributed by atoms with Gasteiger partial charge in [-0.2, -0.15) is 0 Å². The van der Waals surface area contributed by atoms with E-state index in [1.807, 2.05) is 109 Å². The van der Waals surface area contributed by atoms with E-state index in [1.165, 1.54) is 50.0 Å². The minimum Gasteiger partial charge on any atom is -0.424 e. The van der Waals surface area contributed by atoms with Crippen molar-refractivity contribution in [3.8, 4) is 35.3 Å². The molecule has 6 aromatic carbocycles. The fourth-order valence-electron chi connectivity index (χ4n) is 7.03. The van der Waals surface area contributed by atoms with Gasteiger partial charge >= 0.3 is 18.0 Å². The molecule has 0 bridgehead atoms. The third kappa shape index (κ3) is 10.3. The summed E-state index contributed by atoms with van der Waals surface area (Å²) < 4.78 is 20.0. The molecule has 3 aliphatic heterocycles. The first-order valence-corrected chi connectivity index (χ1v) is 24.4. The molecule has 12 nitrogen and oxygen atoms in total. The molecule has 0 radical (unpaired) electrons. The van der Waals surface area contributed by atoms with Crippen LogP contribution in [-0.2, 0) is 14.4 Å². The van der Waals surface area contributed by atoms with Gasteiger partial charge in [-0.3, -0.25) is 29.1 Å². The molecule has 0 saturated carbocycles. The van der Waals surface area contributed by atoms with Gasteiger partial charge in [0.25, 0.3) is 17.7 Å². The summed E-state index contributed by atoms with van der Waals surface area (Å²) in [5.41, 5.74) is 4.05. The van der Waals surface area contributed by atoms with E-state index in [4.69, 9.17) is 50.9 Å². The van der Waals surface area contributed by atoms with Crippen molar-refractivity contribution in [1.82, 2.24) is 15.0 Å². The van der Waals surface area contributed by atoms with Crippen LogP contribution in [0.1, 0.15) is 16.7 Å². The van der Waals surface area contributed by atoms with Gasteiger partial charge < -0.3 is 14.2 Å². The predicted molar refractivity (Wildman–Crippen MR) is 286 cm³/mol. The second kappa shape index (κ2) is 20.1. The average molecular weight is 1020 g/mol. The van der Waals surface area contributed by atoms with Gasteiger partial charge in [0.2, 0.25) is 0 Å². The number of rotatable bonds is 12. The van der Waals surface area contributed by atoms with Crippen LogP contribution < -0.4 is 28.9 Å². The van der Waals surface area contributed by atoms with Crippen molar-refractivity contribution >= 4 is 138 Å². The molecule has 0 N–H and O–H groups in total. The molecule has 4 heterocycles. The molecule has 18 heteroatoms. The Morgan fingerprint density at radius 2 is 0.652 bits per heavy atom. The number of para-hydroxylation sites is 3. The van der Waals surface area contributed by atoms with Crippen molar-refractivity contribution in [1.29, 1.82) is 0 Å². The molecule has 336 valence electrons.